The van der Waals surface area contributed by atoms with Gasteiger partial charge in [-0.2, -0.15) is 0 Å². The van der Waals surface area contributed by atoms with Crippen LogP contribution in [0.5, 0.6) is 0 Å². The number of nitrogens with one attached hydrogen (secondary N) is 3. The van der Waals surface area contributed by atoms with Gasteiger partial charge in [-0.25, -0.2) is 8.78 Å². The lowest BCUT2D eigenvalue weighted by atomic mass is 9.95. The number of amides is 2. The topological polar surface area (TPSA) is 70.2 Å². The Morgan fingerprint density at radius 3 is 2.27 bits per heavy atom. The van der Waals surface area contributed by atoms with Crippen molar-refractivity contribution >= 4 is 57.9 Å². The van der Waals surface area contributed by atoms with Crippen LogP contribution in [0.25, 0.3) is 0 Å². The van der Waals surface area contributed by atoms with Crippen LogP contribution in [0, 0.1) is 12.3 Å². The number of alkyl halides is 2. The highest BCUT2D eigenvalue weighted by Crippen LogP contribution is 2.30. The van der Waals surface area contributed by atoms with Gasteiger partial charge in [0.25, 0.3) is 5.91 Å². The summed E-state index contributed by atoms with van der Waals surface area (Å²) in [5, 5.41) is 10.0. The molecule has 3 rings (SSSR count). The minimum absolute atomic E-state index is 0.0278. The van der Waals surface area contributed by atoms with Crippen molar-refractivity contribution in [3.63, 3.8) is 0 Å². The number of aryl methyl sites for hydroxylation is 1. The predicted octanol–water partition coefficient (Wildman–Crippen LogP) is 8.48. The van der Waals surface area contributed by atoms with Crippen molar-refractivity contribution in [3.05, 3.63) is 62.6 Å². The van der Waals surface area contributed by atoms with Gasteiger partial charge in [0.15, 0.2) is 0 Å². The van der Waals surface area contributed by atoms with Crippen LogP contribution in [0.3, 0.4) is 0 Å². The average Bonchev–Trinajstić information content (AvgIpc) is 2.89. The van der Waals surface area contributed by atoms with E-state index in [0.717, 1.165) is 31.2 Å². The maximum Gasteiger partial charge on any atom is 0.251 e. The van der Waals surface area contributed by atoms with E-state index in [9.17, 15) is 18.4 Å². The SMILES string of the molecule is CCC(F)F.Cc1ccc(NC(=S)c2c(Cl)ccc(CNC(=O)C(C)(C)C)c2Cl)cc1C(=O)NC1CCCCC1. The first kappa shape index (κ1) is 33.9. The van der Waals surface area contributed by atoms with Crippen molar-refractivity contribution in [1.82, 2.24) is 10.6 Å². The van der Waals surface area contributed by atoms with Crippen LogP contribution < -0.4 is 16.0 Å². The van der Waals surface area contributed by atoms with Crippen molar-refractivity contribution < 1.29 is 18.4 Å². The normalized spacial score (nSPS) is 13.8. The van der Waals surface area contributed by atoms with E-state index in [1.807, 2.05) is 39.8 Å². The number of hydrogen-bond donors (Lipinski definition) is 3. The molecule has 40 heavy (non-hydrogen) atoms. The molecule has 0 aromatic heterocycles. The smallest absolute Gasteiger partial charge is 0.251 e. The second-order valence-corrected chi connectivity index (χ2v) is 12.1. The Hall–Kier alpha value is -2.29. The van der Waals surface area contributed by atoms with Crippen LogP contribution in [-0.4, -0.2) is 29.3 Å². The van der Waals surface area contributed by atoms with Crippen LogP contribution in [0.2, 0.25) is 10.0 Å². The number of carbonyl (C=O) groups is 2. The highest BCUT2D eigenvalue weighted by molar-refractivity contribution is 7.81. The Bertz CT molecular complexity index is 1200. The Morgan fingerprint density at radius 2 is 1.70 bits per heavy atom. The largest absolute Gasteiger partial charge is 0.352 e. The van der Waals surface area contributed by atoms with E-state index in [1.165, 1.54) is 13.3 Å². The molecule has 0 saturated heterocycles. The first-order chi connectivity index (χ1) is 18.7. The fraction of sp³-hybridized carbons (Fsp3) is 0.500. The first-order valence-corrected chi connectivity index (χ1v) is 14.7. The third kappa shape index (κ3) is 10.3. The van der Waals surface area contributed by atoms with Crippen LogP contribution in [0.4, 0.5) is 14.5 Å². The molecule has 1 saturated carbocycles. The molecule has 0 spiro atoms. The Morgan fingerprint density at radius 1 is 1.07 bits per heavy atom. The van der Waals surface area contributed by atoms with E-state index in [4.69, 9.17) is 35.4 Å². The molecule has 5 nitrogen and oxygen atoms in total. The number of benzene rings is 2. The lowest BCUT2D eigenvalue weighted by molar-refractivity contribution is -0.128. The molecule has 0 atom stereocenters. The molecule has 2 aromatic carbocycles. The summed E-state index contributed by atoms with van der Waals surface area (Å²) in [5.74, 6) is -0.152. The minimum Gasteiger partial charge on any atom is -0.352 e. The number of rotatable bonds is 7. The van der Waals surface area contributed by atoms with E-state index in [0.29, 0.717) is 37.4 Å². The highest BCUT2D eigenvalue weighted by atomic mass is 35.5. The molecule has 0 unspecified atom stereocenters. The maximum absolute atomic E-state index is 12.9. The molecule has 2 aromatic rings. The van der Waals surface area contributed by atoms with Crippen molar-refractivity contribution in [1.29, 1.82) is 0 Å². The number of anilines is 1. The van der Waals surface area contributed by atoms with Gasteiger partial charge in [-0.05, 0) is 49.1 Å². The average molecular weight is 615 g/mol. The summed E-state index contributed by atoms with van der Waals surface area (Å²) < 4.78 is 21.5. The van der Waals surface area contributed by atoms with E-state index in [-0.39, 0.29) is 30.8 Å². The van der Waals surface area contributed by atoms with Gasteiger partial charge in [0, 0.05) is 41.2 Å². The van der Waals surface area contributed by atoms with Gasteiger partial charge in [0.1, 0.15) is 4.99 Å². The van der Waals surface area contributed by atoms with E-state index < -0.39 is 11.8 Å². The zero-order valence-corrected chi connectivity index (χ0v) is 26.1. The molecule has 0 aliphatic heterocycles. The highest BCUT2D eigenvalue weighted by Gasteiger charge is 2.22. The number of carbonyl (C=O) groups excluding carboxylic acids is 2. The molecule has 1 aliphatic rings. The summed E-state index contributed by atoms with van der Waals surface area (Å²) in [5.41, 5.74) is 2.86. The third-order valence-corrected chi connectivity index (χ3v) is 7.56. The van der Waals surface area contributed by atoms with Gasteiger partial charge in [0.05, 0.1) is 10.0 Å². The number of halogens is 4. The Labute approximate surface area is 251 Å². The molecule has 1 fully saturated rings. The standard InChI is InChI=1S/C27H33Cl2N3O2S.C3H6F2/c1-16-10-12-19(14-20(16)24(33)31-18-8-6-5-7-9-18)32-25(35)22-21(28)13-11-17(23(22)29)15-30-26(34)27(2,3)4;1-2-3(4)5/h10-14,18H,5-9,15H2,1-4H3,(H,30,34)(H,31,33)(H,32,35);3H,2H2,1H3. The first-order valence-electron chi connectivity index (χ1n) is 13.5. The molecule has 0 heterocycles. The Kier molecular flexibility index (Phi) is 13.3. The van der Waals surface area contributed by atoms with Crippen LogP contribution in [0.1, 0.15) is 93.3 Å². The van der Waals surface area contributed by atoms with Crippen molar-refractivity contribution in [2.75, 3.05) is 5.32 Å². The second-order valence-electron chi connectivity index (χ2n) is 10.9. The zero-order chi connectivity index (χ0) is 30.0. The van der Waals surface area contributed by atoms with E-state index in [2.05, 4.69) is 16.0 Å². The summed E-state index contributed by atoms with van der Waals surface area (Å²) in [6, 6.07) is 9.28. The summed E-state index contributed by atoms with van der Waals surface area (Å²) in [6.45, 7) is 9.17. The molecule has 0 bridgehead atoms. The van der Waals surface area contributed by atoms with Crippen molar-refractivity contribution in [2.45, 2.75) is 92.2 Å². The molecule has 0 radical (unpaired) electrons. The fourth-order valence-corrected chi connectivity index (χ4v) is 5.10. The van der Waals surface area contributed by atoms with Gasteiger partial charge in [-0.3, -0.25) is 9.59 Å². The minimum atomic E-state index is -2.12. The molecule has 3 N–H and O–H groups in total. The lowest BCUT2D eigenvalue weighted by Gasteiger charge is -2.23. The summed E-state index contributed by atoms with van der Waals surface area (Å²) in [7, 11) is 0. The molecular formula is C30H39Cl2F2N3O2S. The predicted molar refractivity (Wildman–Crippen MR) is 165 cm³/mol. The second kappa shape index (κ2) is 15.6. The summed E-state index contributed by atoms with van der Waals surface area (Å²) >= 11 is 18.7. The Balaban J connectivity index is 0.00000103. The third-order valence-electron chi connectivity index (χ3n) is 6.51. The van der Waals surface area contributed by atoms with Crippen molar-refractivity contribution in [3.8, 4) is 0 Å². The van der Waals surface area contributed by atoms with Crippen LogP contribution in [-0.2, 0) is 11.3 Å². The van der Waals surface area contributed by atoms with E-state index >= 15 is 0 Å². The molecule has 1 aliphatic carbocycles. The molecule has 2 amide bonds. The summed E-state index contributed by atoms with van der Waals surface area (Å²) in [6.07, 6.45) is 3.44. The van der Waals surface area contributed by atoms with Gasteiger partial charge >= 0.3 is 0 Å². The van der Waals surface area contributed by atoms with Crippen molar-refractivity contribution in [2.24, 2.45) is 5.41 Å². The van der Waals surface area contributed by atoms with Gasteiger partial charge < -0.3 is 16.0 Å². The quantitative estimate of drug-likeness (QED) is 0.274. The van der Waals surface area contributed by atoms with Crippen LogP contribution in [0.15, 0.2) is 30.3 Å². The van der Waals surface area contributed by atoms with Gasteiger partial charge in [-0.1, -0.05) is 94.5 Å². The monoisotopic (exact) mass is 613 g/mol. The van der Waals surface area contributed by atoms with Crippen LogP contribution >= 0.6 is 35.4 Å². The van der Waals surface area contributed by atoms with E-state index in [1.54, 1.807) is 18.2 Å². The molecule has 220 valence electrons. The summed E-state index contributed by atoms with van der Waals surface area (Å²) in [4.78, 5) is 25.5. The number of hydrogen-bond acceptors (Lipinski definition) is 3. The van der Waals surface area contributed by atoms with Gasteiger partial charge in [-0.15, -0.1) is 0 Å². The number of thiocarbonyl (C=S) groups is 1. The molecular weight excluding hydrogens is 575 g/mol. The van der Waals surface area contributed by atoms with Gasteiger partial charge in [0.2, 0.25) is 12.3 Å². The molecule has 10 heteroatoms. The fourth-order valence-electron chi connectivity index (χ4n) is 4.03. The maximum atomic E-state index is 12.9. The lowest BCUT2D eigenvalue weighted by Crippen LogP contribution is -2.36. The zero-order valence-electron chi connectivity index (χ0n) is 23.7.